The molecule has 0 aliphatic heterocycles. The van der Waals surface area contributed by atoms with Crippen LogP contribution in [0.3, 0.4) is 0 Å². The minimum absolute atomic E-state index is 0.0627. The van der Waals surface area contributed by atoms with Crippen LogP contribution >= 0.6 is 0 Å². The molecule has 0 amide bonds. The summed E-state index contributed by atoms with van der Waals surface area (Å²) in [4.78, 5) is 10.4. The highest BCUT2D eigenvalue weighted by molar-refractivity contribution is 7.85. The fraction of sp³-hybridized carbons (Fsp3) is 0.188. The van der Waals surface area contributed by atoms with Gasteiger partial charge in [0.05, 0.1) is 6.54 Å². The minimum Gasteiger partial charge on any atom is -0.508 e. The zero-order chi connectivity index (χ0) is 18.2. The van der Waals surface area contributed by atoms with Crippen molar-refractivity contribution in [3.8, 4) is 5.75 Å². The predicted octanol–water partition coefficient (Wildman–Crippen LogP) is 1.64. The summed E-state index contributed by atoms with van der Waals surface area (Å²) in [6.45, 7) is 1.77. The van der Waals surface area contributed by atoms with E-state index in [0.717, 1.165) is 11.6 Å². The molecule has 4 N–H and O–H groups in total. The van der Waals surface area contributed by atoms with E-state index in [1.54, 1.807) is 0 Å². The summed E-state index contributed by atoms with van der Waals surface area (Å²) >= 11 is 0. The van der Waals surface area contributed by atoms with E-state index in [-0.39, 0.29) is 23.2 Å². The van der Waals surface area contributed by atoms with E-state index in [1.165, 1.54) is 19.1 Å². The van der Waals surface area contributed by atoms with Crippen LogP contribution in [0.5, 0.6) is 5.75 Å². The molecular weight excluding hydrogens is 334 g/mol. The van der Waals surface area contributed by atoms with E-state index in [4.69, 9.17) is 20.1 Å². The van der Waals surface area contributed by atoms with Gasteiger partial charge in [0, 0.05) is 6.07 Å². The summed E-state index contributed by atoms with van der Waals surface area (Å²) in [5.74, 6) is -0.563. The van der Waals surface area contributed by atoms with Crippen molar-refractivity contribution in [3.05, 3.63) is 59.7 Å². The lowest BCUT2D eigenvalue weighted by Gasteiger charge is -2.01. The maximum absolute atomic E-state index is 10.7. The van der Waals surface area contributed by atoms with Crippen molar-refractivity contribution in [1.29, 1.82) is 0 Å². The molecule has 0 aliphatic carbocycles. The molecule has 0 atom stereocenters. The number of aromatic hydroxyl groups is 1. The number of hydrogen-bond acceptors (Lipinski definition) is 6. The quantitative estimate of drug-likeness (QED) is 0.563. The molecule has 0 saturated carbocycles. The highest BCUT2D eigenvalue weighted by atomic mass is 32.2. The van der Waals surface area contributed by atoms with Crippen LogP contribution in [0.15, 0.2) is 53.4 Å². The fourth-order valence-corrected chi connectivity index (χ4v) is 2.41. The second-order valence-electron chi connectivity index (χ2n) is 4.78. The van der Waals surface area contributed by atoms with Crippen LogP contribution in [0.2, 0.25) is 0 Å². The van der Waals surface area contributed by atoms with Crippen LogP contribution < -0.4 is 5.73 Å². The normalized spacial score (nSPS) is 10.5. The molecule has 2 aromatic carbocycles. The van der Waals surface area contributed by atoms with Crippen molar-refractivity contribution in [1.82, 2.24) is 0 Å². The smallest absolute Gasteiger partial charge is 0.320 e. The number of esters is 1. The molecule has 0 aromatic heterocycles. The van der Waals surface area contributed by atoms with Crippen molar-refractivity contribution >= 4 is 16.1 Å². The number of carbonyl (C=O) groups excluding carboxylic acids is 1. The number of hydrogen-bond donors (Lipinski definition) is 3. The number of rotatable bonds is 4. The number of phenols is 1. The lowest BCUT2D eigenvalue weighted by molar-refractivity contribution is -0.143. The molecule has 0 spiro atoms. The van der Waals surface area contributed by atoms with Crippen LogP contribution in [-0.2, 0) is 26.3 Å². The summed E-state index contributed by atoms with van der Waals surface area (Å²) in [6.07, 6.45) is 0. The number of phenolic OH excluding ortho intramolecular Hbond substituents is 1. The number of nitrogens with two attached hydrogens (primary N) is 1. The monoisotopic (exact) mass is 353 g/mol. The van der Waals surface area contributed by atoms with Gasteiger partial charge in [0.2, 0.25) is 0 Å². The molecule has 7 nitrogen and oxygen atoms in total. The first-order chi connectivity index (χ1) is 11.2. The molecule has 2 aromatic rings. The Morgan fingerprint density at radius 2 is 1.79 bits per heavy atom. The molecule has 0 saturated heterocycles. The van der Waals surface area contributed by atoms with E-state index in [1.807, 2.05) is 30.3 Å². The zero-order valence-electron chi connectivity index (χ0n) is 13.0. The van der Waals surface area contributed by atoms with Crippen LogP contribution in [0, 0.1) is 6.92 Å². The Kier molecular flexibility index (Phi) is 7.37. The fourth-order valence-electron chi connectivity index (χ4n) is 1.66. The molecule has 0 aliphatic rings. The van der Waals surface area contributed by atoms with E-state index in [9.17, 15) is 13.2 Å². The number of carbonyl (C=O) groups is 1. The third-order valence-electron chi connectivity index (χ3n) is 2.86. The van der Waals surface area contributed by atoms with Gasteiger partial charge in [-0.05, 0) is 24.1 Å². The van der Waals surface area contributed by atoms with E-state index in [2.05, 4.69) is 0 Å². The van der Waals surface area contributed by atoms with Gasteiger partial charge in [-0.1, -0.05) is 36.4 Å². The second kappa shape index (κ2) is 9.02. The van der Waals surface area contributed by atoms with Crippen molar-refractivity contribution in [3.63, 3.8) is 0 Å². The summed E-state index contributed by atoms with van der Waals surface area (Å²) in [5, 5.41) is 8.93. The van der Waals surface area contributed by atoms with Crippen LogP contribution in [-0.4, -0.2) is 30.6 Å². The average molecular weight is 353 g/mol. The standard InChI is InChI=1S/C9H11NO2.C7H8O4S/c10-6-9(11)12-7-8-4-2-1-3-5-8;1-5-2-3-6(8)4-7(5)12(9,10)11/h1-5H,6-7,10H2;2-4,8H,1H3,(H,9,10,11). The summed E-state index contributed by atoms with van der Waals surface area (Å²) < 4.78 is 34.8. The molecule has 0 fully saturated rings. The Hall–Kier alpha value is -2.42. The van der Waals surface area contributed by atoms with Crippen LogP contribution in [0.25, 0.3) is 0 Å². The Morgan fingerprint density at radius 1 is 1.17 bits per heavy atom. The highest BCUT2D eigenvalue weighted by Crippen LogP contribution is 2.19. The minimum atomic E-state index is -4.22. The van der Waals surface area contributed by atoms with Gasteiger partial charge in [0.15, 0.2) is 0 Å². The molecule has 8 heteroatoms. The SMILES string of the molecule is Cc1ccc(O)cc1S(=O)(=O)O.NCC(=O)OCc1ccccc1. The first kappa shape index (κ1) is 19.6. The number of ether oxygens (including phenoxy) is 1. The molecule has 2 rings (SSSR count). The second-order valence-corrected chi connectivity index (χ2v) is 6.17. The Balaban J connectivity index is 0.000000240. The summed E-state index contributed by atoms with van der Waals surface area (Å²) in [6, 6.07) is 13.3. The Labute approximate surface area is 140 Å². The molecule has 24 heavy (non-hydrogen) atoms. The van der Waals surface area contributed by atoms with E-state index < -0.39 is 10.1 Å². The third kappa shape index (κ3) is 6.78. The summed E-state index contributed by atoms with van der Waals surface area (Å²) in [5.41, 5.74) is 6.43. The molecule has 0 bridgehead atoms. The van der Waals surface area contributed by atoms with Crippen molar-refractivity contribution in [2.45, 2.75) is 18.4 Å². The Morgan fingerprint density at radius 3 is 2.29 bits per heavy atom. The van der Waals surface area contributed by atoms with Crippen molar-refractivity contribution < 1.29 is 27.6 Å². The van der Waals surface area contributed by atoms with Gasteiger partial charge in [-0.15, -0.1) is 0 Å². The topological polar surface area (TPSA) is 127 Å². The van der Waals surface area contributed by atoms with Gasteiger partial charge in [-0.2, -0.15) is 8.42 Å². The molecule has 0 radical (unpaired) electrons. The predicted molar refractivity (Wildman–Crippen MR) is 88.0 cm³/mol. The van der Waals surface area contributed by atoms with Crippen molar-refractivity contribution in [2.75, 3.05) is 6.54 Å². The van der Waals surface area contributed by atoms with Gasteiger partial charge < -0.3 is 15.6 Å². The van der Waals surface area contributed by atoms with Gasteiger partial charge >= 0.3 is 5.97 Å². The summed E-state index contributed by atoms with van der Waals surface area (Å²) in [7, 11) is -4.22. The highest BCUT2D eigenvalue weighted by Gasteiger charge is 2.12. The number of benzene rings is 2. The first-order valence-electron chi connectivity index (χ1n) is 6.90. The molecule has 130 valence electrons. The maximum Gasteiger partial charge on any atom is 0.320 e. The zero-order valence-corrected chi connectivity index (χ0v) is 13.9. The average Bonchev–Trinajstić information content (AvgIpc) is 2.55. The van der Waals surface area contributed by atoms with E-state index >= 15 is 0 Å². The lowest BCUT2D eigenvalue weighted by atomic mass is 10.2. The van der Waals surface area contributed by atoms with Crippen LogP contribution in [0.4, 0.5) is 0 Å². The lowest BCUT2D eigenvalue weighted by Crippen LogP contribution is -2.16. The third-order valence-corrected chi connectivity index (χ3v) is 3.85. The maximum atomic E-state index is 10.7. The van der Waals surface area contributed by atoms with Crippen molar-refractivity contribution in [2.24, 2.45) is 5.73 Å². The molecule has 0 unspecified atom stereocenters. The van der Waals surface area contributed by atoms with Gasteiger partial charge in [-0.25, -0.2) is 0 Å². The van der Waals surface area contributed by atoms with Gasteiger partial charge in [-0.3, -0.25) is 9.35 Å². The van der Waals surface area contributed by atoms with Gasteiger partial charge in [0.1, 0.15) is 17.3 Å². The Bertz CT molecular complexity index is 774. The first-order valence-corrected chi connectivity index (χ1v) is 8.34. The van der Waals surface area contributed by atoms with Gasteiger partial charge in [0.25, 0.3) is 10.1 Å². The number of aryl methyl sites for hydroxylation is 1. The van der Waals surface area contributed by atoms with E-state index in [0.29, 0.717) is 12.2 Å². The molecule has 0 heterocycles. The molecular formula is C16H19NO6S. The largest absolute Gasteiger partial charge is 0.508 e. The van der Waals surface area contributed by atoms with Crippen LogP contribution in [0.1, 0.15) is 11.1 Å².